The summed E-state index contributed by atoms with van der Waals surface area (Å²) in [4.78, 5) is 0. The van der Waals surface area contributed by atoms with Gasteiger partial charge in [0.2, 0.25) is 0 Å². The molecule has 0 aromatic rings. The van der Waals surface area contributed by atoms with E-state index in [1.165, 1.54) is 45.2 Å². The van der Waals surface area contributed by atoms with Gasteiger partial charge in [0.05, 0.1) is 1.93 Å². The first-order valence-electron chi connectivity index (χ1n) is 6.78. The van der Waals surface area contributed by atoms with E-state index in [2.05, 4.69) is 0 Å². The zero-order valence-electron chi connectivity index (χ0n) is 12.7. The van der Waals surface area contributed by atoms with Crippen molar-refractivity contribution in [3.05, 3.63) is 0 Å². The maximum absolute atomic E-state index is 13.5. The van der Waals surface area contributed by atoms with E-state index in [-0.39, 0.29) is 0 Å². The van der Waals surface area contributed by atoms with E-state index in [0.717, 1.165) is 6.92 Å². The van der Waals surface area contributed by atoms with Crippen molar-refractivity contribution in [1.82, 2.24) is 0 Å². The van der Waals surface area contributed by atoms with Crippen molar-refractivity contribution in [3.8, 4) is 0 Å². The van der Waals surface area contributed by atoms with Gasteiger partial charge in [0, 0.05) is 12.8 Å². The lowest BCUT2D eigenvalue weighted by molar-refractivity contribution is -0.425. The van der Waals surface area contributed by atoms with Crippen molar-refractivity contribution in [2.45, 2.75) is 70.1 Å². The van der Waals surface area contributed by atoms with Gasteiger partial charge in [0.1, 0.15) is 0 Å². The van der Waals surface area contributed by atoms with Crippen LogP contribution >= 0.6 is 45.2 Å². The van der Waals surface area contributed by atoms with Crippen LogP contribution in [0.15, 0.2) is 0 Å². The molecule has 0 spiro atoms. The maximum Gasteiger partial charge on any atom is 0.384 e. The van der Waals surface area contributed by atoms with Crippen LogP contribution in [-0.4, -0.2) is 37.5 Å². The summed E-state index contributed by atoms with van der Waals surface area (Å²) in [5.74, 6) is -40.6. The first-order valence-corrected chi connectivity index (χ1v) is 9.27. The second-order valence-electron chi connectivity index (χ2n) is 5.39. The Morgan fingerprint density at radius 2 is 0.885 bits per heavy atom. The molecule has 0 fully saturated rings. The lowest BCUT2D eigenvalue weighted by Crippen LogP contribution is -2.70. The highest BCUT2D eigenvalue weighted by Crippen LogP contribution is 2.61. The van der Waals surface area contributed by atoms with Crippen LogP contribution in [0.25, 0.3) is 0 Å². The molecule has 0 aliphatic heterocycles. The van der Waals surface area contributed by atoms with Crippen LogP contribution in [0.3, 0.4) is 0 Å². The van der Waals surface area contributed by atoms with Gasteiger partial charge in [-0.3, -0.25) is 0 Å². The molecule has 0 aliphatic rings. The van der Waals surface area contributed by atoms with Gasteiger partial charge in [-0.15, -0.1) is 0 Å². The quantitative estimate of drug-likeness (QED) is 0.132. The average Bonchev–Trinajstić information content (AvgIpc) is 2.44. The molecule has 0 aromatic carbocycles. The van der Waals surface area contributed by atoms with Crippen LogP contribution < -0.4 is 0 Å². The highest BCUT2D eigenvalue weighted by atomic mass is 127. The van der Waals surface area contributed by atoms with E-state index in [4.69, 9.17) is 0 Å². The second kappa shape index (κ2) is 8.16. The van der Waals surface area contributed by atoms with Gasteiger partial charge in [-0.25, -0.2) is 0 Å². The van der Waals surface area contributed by atoms with Crippen molar-refractivity contribution in [2.24, 2.45) is 0 Å². The topological polar surface area (TPSA) is 0 Å². The van der Waals surface area contributed by atoms with Gasteiger partial charge in [-0.2, -0.15) is 52.7 Å². The molecule has 0 N–H and O–H groups in total. The smallest absolute Gasteiger partial charge is 0.200 e. The van der Waals surface area contributed by atoms with Gasteiger partial charge in [0.25, 0.3) is 0 Å². The summed E-state index contributed by atoms with van der Waals surface area (Å²) in [6, 6.07) is 0. The highest BCUT2D eigenvalue weighted by Gasteiger charge is 2.89. The third kappa shape index (κ3) is 4.44. The van der Waals surface area contributed by atoms with E-state index < -0.39 is 63.1 Å². The first kappa shape index (κ1) is 26.6. The van der Waals surface area contributed by atoms with Crippen molar-refractivity contribution < 1.29 is 52.7 Å². The van der Waals surface area contributed by atoms with Gasteiger partial charge < -0.3 is 0 Å². The number of alkyl halides is 14. The zero-order valence-corrected chi connectivity index (χ0v) is 17.0. The van der Waals surface area contributed by atoms with Crippen molar-refractivity contribution >= 4 is 45.2 Å². The van der Waals surface area contributed by atoms with E-state index in [1.807, 2.05) is 0 Å². The van der Waals surface area contributed by atoms with Crippen molar-refractivity contribution in [1.29, 1.82) is 0 Å². The Balaban J connectivity index is 6.09. The second-order valence-corrected chi connectivity index (χ2v) is 10.8. The third-order valence-electron chi connectivity index (χ3n) is 3.34. The third-order valence-corrected chi connectivity index (χ3v) is 4.59. The molecular weight excluding hydrogens is 626 g/mol. The Bertz CT molecular complexity index is 475. The first-order chi connectivity index (χ1) is 11.2. The molecule has 0 amide bonds. The summed E-state index contributed by atoms with van der Waals surface area (Å²) < 4.78 is 160. The molecule has 0 atom stereocenters. The maximum atomic E-state index is 13.5. The van der Waals surface area contributed by atoms with E-state index >= 15 is 0 Å². The summed E-state index contributed by atoms with van der Waals surface area (Å²) in [5.41, 5.74) is 0. The van der Waals surface area contributed by atoms with E-state index in [0.29, 0.717) is 0 Å². The van der Waals surface area contributed by atoms with Crippen molar-refractivity contribution in [2.75, 3.05) is 0 Å². The lowest BCUT2D eigenvalue weighted by atomic mass is 9.89. The molecule has 0 heterocycles. The summed E-state index contributed by atoms with van der Waals surface area (Å²) in [6.07, 6.45) is -5.82. The number of hydrogen-bond donors (Lipinski definition) is 0. The Kier molecular flexibility index (Phi) is 8.36. The molecule has 0 saturated heterocycles. The fourth-order valence-corrected chi connectivity index (χ4v) is 2.39. The summed E-state index contributed by atoms with van der Waals surface area (Å²) >= 11 is 2.87. The molecule has 26 heavy (non-hydrogen) atoms. The Morgan fingerprint density at radius 1 is 0.577 bits per heavy atom. The summed E-state index contributed by atoms with van der Waals surface area (Å²) in [6.45, 7) is 0.813. The minimum atomic E-state index is -7.45. The normalized spacial score (nSPS) is 15.7. The highest BCUT2D eigenvalue weighted by molar-refractivity contribution is 14.2. The van der Waals surface area contributed by atoms with Crippen LogP contribution in [0.1, 0.15) is 32.6 Å². The van der Waals surface area contributed by atoms with Gasteiger partial charge in [0.15, 0.2) is 0 Å². The Hall–Kier alpha value is 0.620. The van der Waals surface area contributed by atoms with Gasteiger partial charge >= 0.3 is 35.5 Å². The average molecular weight is 638 g/mol. The molecule has 0 rings (SSSR count). The molecule has 0 bridgehead atoms. The fourth-order valence-electron chi connectivity index (χ4n) is 1.77. The predicted octanol–water partition coefficient (Wildman–Crippen LogP) is 7.57. The SMILES string of the molecule is CCCC(F)(F)C(F)(F)C(F)(F)C(F)(F)C(F)(F)C(F)(F)CCC(I)I. The van der Waals surface area contributed by atoms with Crippen LogP contribution in [0.5, 0.6) is 0 Å². The Labute approximate surface area is 167 Å². The predicted molar refractivity (Wildman–Crippen MR) is 85.7 cm³/mol. The van der Waals surface area contributed by atoms with E-state index in [9.17, 15) is 52.7 Å². The van der Waals surface area contributed by atoms with Crippen molar-refractivity contribution in [3.63, 3.8) is 0 Å². The van der Waals surface area contributed by atoms with Crippen LogP contribution in [0, 0.1) is 0 Å². The number of hydrogen-bond acceptors (Lipinski definition) is 0. The minimum absolute atomic E-state index is 0.795. The molecule has 0 unspecified atom stereocenters. The van der Waals surface area contributed by atoms with Crippen LogP contribution in [0.4, 0.5) is 52.7 Å². The molecule has 158 valence electrons. The minimum Gasteiger partial charge on any atom is -0.200 e. The molecule has 0 saturated carbocycles. The monoisotopic (exact) mass is 638 g/mol. The summed E-state index contributed by atoms with van der Waals surface area (Å²) in [7, 11) is 0. The molecule has 0 nitrogen and oxygen atoms in total. The standard InChI is InChI=1S/C12H12F12I2/c1-2-4-7(13,14)9(17,18)11(21,22)12(23,24)10(19,20)8(15,16)5-3-6(25)26/h6H,2-5H2,1H3. The molecule has 0 radical (unpaired) electrons. The molecule has 0 aromatic heterocycles. The van der Waals surface area contributed by atoms with Gasteiger partial charge in [-0.1, -0.05) is 58.5 Å². The fraction of sp³-hybridized carbons (Fsp3) is 1.00. The number of rotatable bonds is 10. The lowest BCUT2D eigenvalue weighted by Gasteiger charge is -2.41. The van der Waals surface area contributed by atoms with Gasteiger partial charge in [-0.05, 0) is 6.42 Å². The molecule has 14 heteroatoms. The molecular formula is C12H12F12I2. The largest absolute Gasteiger partial charge is 0.384 e. The summed E-state index contributed by atoms with van der Waals surface area (Å²) in [5, 5.41) is 0. The Morgan fingerprint density at radius 3 is 1.15 bits per heavy atom. The van der Waals surface area contributed by atoms with Crippen LogP contribution in [0.2, 0.25) is 0 Å². The zero-order chi connectivity index (χ0) is 21.4. The van der Waals surface area contributed by atoms with E-state index in [1.54, 1.807) is 0 Å². The number of halogens is 14. The molecule has 0 aliphatic carbocycles. The van der Waals surface area contributed by atoms with Crippen LogP contribution in [-0.2, 0) is 0 Å².